The third kappa shape index (κ3) is 9.35. The molecule has 240 valence electrons. The van der Waals surface area contributed by atoms with E-state index in [-0.39, 0.29) is 30.2 Å². The molecule has 4 rings (SSSR count). The van der Waals surface area contributed by atoms with Crippen LogP contribution in [0.2, 0.25) is 0 Å². The Balaban J connectivity index is 1.19. The molecule has 2 fully saturated rings. The fourth-order valence-corrected chi connectivity index (χ4v) is 6.69. The van der Waals surface area contributed by atoms with E-state index in [4.69, 9.17) is 4.74 Å². The predicted octanol–water partition coefficient (Wildman–Crippen LogP) is 11.1. The van der Waals surface area contributed by atoms with Crippen molar-refractivity contribution >= 4 is 0 Å². The van der Waals surface area contributed by atoms with E-state index in [9.17, 15) is 30.7 Å². The lowest BCUT2D eigenvalue weighted by Crippen LogP contribution is -2.39. The van der Waals surface area contributed by atoms with Crippen LogP contribution < -0.4 is 4.74 Å². The van der Waals surface area contributed by atoms with Gasteiger partial charge in [-0.15, -0.1) is 0 Å². The molecule has 2 nitrogen and oxygen atoms in total. The quantitative estimate of drug-likeness (QED) is 0.119. The minimum Gasteiger partial charge on any atom is -0.432 e. The number of ether oxygens (including phenoxy) is 2. The fraction of sp³-hybridized carbons (Fsp3) is 0.647. The summed E-state index contributed by atoms with van der Waals surface area (Å²) in [6.07, 6.45) is 4.08. The van der Waals surface area contributed by atoms with Crippen molar-refractivity contribution in [3.63, 3.8) is 0 Å². The second-order valence-electron chi connectivity index (χ2n) is 12.4. The van der Waals surface area contributed by atoms with Crippen LogP contribution in [-0.2, 0) is 17.3 Å². The number of unbranched alkanes of at least 4 members (excludes halogenated alkanes) is 5. The third-order valence-electron chi connectivity index (χ3n) is 9.27. The van der Waals surface area contributed by atoms with Gasteiger partial charge in [0.2, 0.25) is 0 Å². The first-order valence-electron chi connectivity index (χ1n) is 15.8. The van der Waals surface area contributed by atoms with Gasteiger partial charge in [-0.3, -0.25) is 0 Å². The number of benzene rings is 2. The Kier molecular flexibility index (Phi) is 11.8. The summed E-state index contributed by atoms with van der Waals surface area (Å²) in [6, 6.07) is 7.26. The molecule has 2 aromatic rings. The number of rotatable bonds is 14. The molecule has 0 saturated heterocycles. The Morgan fingerprint density at radius 3 is 1.81 bits per heavy atom. The first-order chi connectivity index (χ1) is 20.5. The van der Waals surface area contributed by atoms with Crippen LogP contribution >= 0.6 is 0 Å². The highest BCUT2D eigenvalue weighted by Crippen LogP contribution is 2.46. The van der Waals surface area contributed by atoms with Gasteiger partial charge < -0.3 is 9.47 Å². The Hall–Kier alpha value is -2.29. The van der Waals surface area contributed by atoms with Crippen molar-refractivity contribution in [3.8, 4) is 5.75 Å². The van der Waals surface area contributed by atoms with Gasteiger partial charge in [0.1, 0.15) is 5.75 Å². The van der Waals surface area contributed by atoms with Crippen LogP contribution in [0.3, 0.4) is 0 Å². The highest BCUT2D eigenvalue weighted by molar-refractivity contribution is 5.26. The fourth-order valence-electron chi connectivity index (χ4n) is 6.69. The van der Waals surface area contributed by atoms with Crippen LogP contribution in [0.4, 0.5) is 30.7 Å². The smallest absolute Gasteiger partial charge is 0.400 e. The van der Waals surface area contributed by atoms with Crippen molar-refractivity contribution in [2.45, 2.75) is 122 Å². The van der Waals surface area contributed by atoms with Gasteiger partial charge in [0, 0.05) is 12.1 Å². The van der Waals surface area contributed by atoms with Crippen LogP contribution in [0.15, 0.2) is 36.4 Å². The van der Waals surface area contributed by atoms with Gasteiger partial charge in [-0.1, -0.05) is 63.3 Å². The van der Waals surface area contributed by atoms with Crippen molar-refractivity contribution < 1.29 is 40.2 Å². The second kappa shape index (κ2) is 15.1. The maximum atomic E-state index is 15.0. The summed E-state index contributed by atoms with van der Waals surface area (Å²) in [5, 5.41) is 0. The summed E-state index contributed by atoms with van der Waals surface area (Å²) in [4.78, 5) is 0. The summed E-state index contributed by atoms with van der Waals surface area (Å²) in [6.45, 7) is 2.18. The Bertz CT molecular complexity index is 1110. The van der Waals surface area contributed by atoms with Gasteiger partial charge in [-0.2, -0.15) is 17.6 Å². The second-order valence-corrected chi connectivity index (χ2v) is 12.4. The SMILES string of the molecule is CCCCCCCCc1ccc(C(F)(F)OC2CCC(C3CCC(C(F)(F)Oc4cc(F)c(F)c(F)c4)CC3)CC2)cc1. The predicted molar refractivity (Wildman–Crippen MR) is 152 cm³/mol. The van der Waals surface area contributed by atoms with Crippen molar-refractivity contribution in [2.75, 3.05) is 0 Å². The maximum Gasteiger partial charge on any atom is 0.400 e. The number of alkyl halides is 4. The largest absolute Gasteiger partial charge is 0.432 e. The molecular weight excluding hydrogens is 573 g/mol. The molecule has 0 heterocycles. The molecule has 0 aliphatic heterocycles. The molecule has 43 heavy (non-hydrogen) atoms. The summed E-state index contributed by atoms with van der Waals surface area (Å²) in [5.41, 5.74) is 0.904. The zero-order valence-corrected chi connectivity index (χ0v) is 24.8. The molecule has 0 spiro atoms. The van der Waals surface area contributed by atoms with Crippen molar-refractivity contribution in [2.24, 2.45) is 17.8 Å². The number of aryl methyl sites for hydroxylation is 1. The minimum absolute atomic E-state index is 0.145. The zero-order valence-electron chi connectivity index (χ0n) is 24.8. The molecule has 9 heteroatoms. The van der Waals surface area contributed by atoms with Crippen molar-refractivity contribution in [1.29, 1.82) is 0 Å². The van der Waals surface area contributed by atoms with Crippen LogP contribution in [0.25, 0.3) is 0 Å². The highest BCUT2D eigenvalue weighted by Gasteiger charge is 2.46. The average Bonchev–Trinajstić information content (AvgIpc) is 2.98. The van der Waals surface area contributed by atoms with Gasteiger partial charge in [-0.25, -0.2) is 13.2 Å². The van der Waals surface area contributed by atoms with Crippen LogP contribution in [0.1, 0.15) is 108 Å². The van der Waals surface area contributed by atoms with E-state index < -0.39 is 47.4 Å². The number of halogens is 7. The summed E-state index contributed by atoms with van der Waals surface area (Å²) in [5.74, 6) is -6.41. The number of hydrogen-bond donors (Lipinski definition) is 0. The van der Waals surface area contributed by atoms with E-state index in [0.29, 0.717) is 50.7 Å². The molecule has 0 N–H and O–H groups in total. The highest BCUT2D eigenvalue weighted by atomic mass is 19.3. The van der Waals surface area contributed by atoms with Gasteiger partial charge in [0.05, 0.1) is 17.6 Å². The normalized spacial score (nSPS) is 23.3. The minimum atomic E-state index is -3.66. The molecule has 0 bridgehead atoms. The zero-order chi connectivity index (χ0) is 31.0. The lowest BCUT2D eigenvalue weighted by atomic mass is 9.70. The molecule has 2 saturated carbocycles. The van der Waals surface area contributed by atoms with Crippen molar-refractivity contribution in [3.05, 3.63) is 65.0 Å². The molecule has 2 aliphatic rings. The summed E-state index contributed by atoms with van der Waals surface area (Å²) in [7, 11) is 0. The molecule has 2 aromatic carbocycles. The molecule has 0 aromatic heterocycles. The molecule has 2 aliphatic carbocycles. The van der Waals surface area contributed by atoms with E-state index in [1.165, 1.54) is 37.8 Å². The topological polar surface area (TPSA) is 18.5 Å². The van der Waals surface area contributed by atoms with Crippen molar-refractivity contribution in [1.82, 2.24) is 0 Å². The van der Waals surface area contributed by atoms with E-state index in [1.54, 1.807) is 12.1 Å². The molecule has 0 atom stereocenters. The average molecular weight is 617 g/mol. The van der Waals surface area contributed by atoms with E-state index in [2.05, 4.69) is 11.7 Å². The van der Waals surface area contributed by atoms with Gasteiger partial charge in [0.15, 0.2) is 17.5 Å². The monoisotopic (exact) mass is 616 g/mol. The Labute approximate surface area is 250 Å². The molecule has 0 amide bonds. The first-order valence-corrected chi connectivity index (χ1v) is 15.8. The molecular formula is C34H43F7O2. The molecule has 0 radical (unpaired) electrons. The van der Waals surface area contributed by atoms with Crippen LogP contribution in [0, 0.1) is 35.2 Å². The van der Waals surface area contributed by atoms with E-state index >= 15 is 0 Å². The Morgan fingerprint density at radius 1 is 0.698 bits per heavy atom. The lowest BCUT2D eigenvalue weighted by molar-refractivity contribution is -0.278. The molecule has 0 unspecified atom stereocenters. The standard InChI is InChI=1S/C34H43F7O2/c1-2-3-4-5-6-7-8-23-9-15-26(16-10-23)33(38,39)42-28-19-13-25(14-20-28)24-11-17-27(18-12-24)34(40,41)43-29-21-30(35)32(37)31(36)22-29/h9-10,15-16,21-22,24-25,27-28H,2-8,11-14,17-20H2,1H3. The lowest BCUT2D eigenvalue weighted by Gasteiger charge is -2.39. The van der Waals surface area contributed by atoms with Crippen LogP contribution in [-0.4, -0.2) is 12.2 Å². The van der Waals surface area contributed by atoms with Crippen LogP contribution in [0.5, 0.6) is 5.75 Å². The van der Waals surface area contributed by atoms with E-state index in [0.717, 1.165) is 24.8 Å². The maximum absolute atomic E-state index is 15.0. The number of hydrogen-bond acceptors (Lipinski definition) is 2. The summed E-state index contributed by atoms with van der Waals surface area (Å²) < 4.78 is 109. The van der Waals surface area contributed by atoms with Gasteiger partial charge in [-0.05, 0) is 81.6 Å². The van der Waals surface area contributed by atoms with Gasteiger partial charge in [0.25, 0.3) is 0 Å². The third-order valence-corrected chi connectivity index (χ3v) is 9.27. The van der Waals surface area contributed by atoms with E-state index in [1.807, 2.05) is 0 Å². The van der Waals surface area contributed by atoms with Gasteiger partial charge >= 0.3 is 12.2 Å². The first kappa shape index (κ1) is 33.6. The Morgan fingerprint density at radius 2 is 1.23 bits per heavy atom. The summed E-state index contributed by atoms with van der Waals surface area (Å²) >= 11 is 0.